The minimum atomic E-state index is -3.15. The first-order valence-corrected chi connectivity index (χ1v) is 9.27. The lowest BCUT2D eigenvalue weighted by Gasteiger charge is -2.30. The van der Waals surface area contributed by atoms with Crippen molar-refractivity contribution in [3.05, 3.63) is 0 Å². The molecule has 0 aromatic heterocycles. The fraction of sp³-hybridized carbons (Fsp3) is 1.00. The molecular weight excluding hydrogens is 292 g/mol. The molecule has 0 bridgehead atoms. The Hall–Kier alpha value is -0.210. The number of ether oxygens (including phenoxy) is 2. The van der Waals surface area contributed by atoms with Crippen molar-refractivity contribution in [2.75, 3.05) is 53.6 Å². The van der Waals surface area contributed by atoms with Crippen LogP contribution in [0.1, 0.15) is 19.3 Å². The Morgan fingerprint density at radius 1 is 1.33 bits per heavy atom. The average Bonchev–Trinajstić information content (AvgIpc) is 3.18. The summed E-state index contributed by atoms with van der Waals surface area (Å²) < 4.78 is 38.3. The zero-order chi connectivity index (χ0) is 15.1. The van der Waals surface area contributed by atoms with Crippen LogP contribution < -0.4 is 0 Å². The second-order valence-electron chi connectivity index (χ2n) is 6.96. The van der Waals surface area contributed by atoms with Crippen molar-refractivity contribution >= 4 is 10.0 Å². The maximum Gasteiger partial charge on any atom is 0.217 e. The van der Waals surface area contributed by atoms with Crippen LogP contribution in [0.15, 0.2) is 0 Å². The molecule has 3 rings (SSSR count). The molecular formula is C14H26N2O4S. The smallest absolute Gasteiger partial charge is 0.217 e. The van der Waals surface area contributed by atoms with Gasteiger partial charge in [0.05, 0.1) is 25.1 Å². The van der Waals surface area contributed by atoms with Crippen molar-refractivity contribution < 1.29 is 17.9 Å². The molecule has 0 unspecified atom stereocenters. The van der Waals surface area contributed by atoms with E-state index in [-0.39, 0.29) is 5.25 Å². The normalized spacial score (nSPS) is 35.5. The first-order valence-electron chi connectivity index (χ1n) is 7.77. The summed E-state index contributed by atoms with van der Waals surface area (Å²) in [6, 6.07) is 0. The molecule has 2 heterocycles. The number of nitrogens with zero attached hydrogens (tertiary/aromatic N) is 2. The number of hydrogen-bond acceptors (Lipinski definition) is 5. The molecule has 122 valence electrons. The van der Waals surface area contributed by atoms with Gasteiger partial charge in [-0.1, -0.05) is 0 Å². The minimum Gasteiger partial charge on any atom is -0.377 e. The van der Waals surface area contributed by atoms with Gasteiger partial charge < -0.3 is 14.4 Å². The van der Waals surface area contributed by atoms with Gasteiger partial charge in [-0.25, -0.2) is 8.42 Å². The van der Waals surface area contributed by atoms with Crippen LogP contribution in [0.25, 0.3) is 0 Å². The van der Waals surface area contributed by atoms with E-state index < -0.39 is 15.6 Å². The predicted octanol–water partition coefficient (Wildman–Crippen LogP) is 0.148. The fourth-order valence-corrected chi connectivity index (χ4v) is 5.35. The third-order valence-electron chi connectivity index (χ3n) is 4.53. The van der Waals surface area contributed by atoms with Gasteiger partial charge in [0.1, 0.15) is 5.60 Å². The fourth-order valence-electron chi connectivity index (χ4n) is 3.45. The van der Waals surface area contributed by atoms with Crippen molar-refractivity contribution in [2.24, 2.45) is 5.92 Å². The molecule has 3 aliphatic rings. The van der Waals surface area contributed by atoms with Crippen LogP contribution in [-0.4, -0.2) is 82.0 Å². The van der Waals surface area contributed by atoms with Crippen molar-refractivity contribution in [3.63, 3.8) is 0 Å². The maximum atomic E-state index is 12.5. The largest absolute Gasteiger partial charge is 0.377 e. The summed E-state index contributed by atoms with van der Waals surface area (Å²) >= 11 is 0. The summed E-state index contributed by atoms with van der Waals surface area (Å²) in [7, 11) is 0.955. The number of sulfonamides is 1. The highest BCUT2D eigenvalue weighted by Gasteiger charge is 2.48. The molecule has 1 aliphatic carbocycles. The summed E-state index contributed by atoms with van der Waals surface area (Å²) in [5.74, 6) is 0.451. The van der Waals surface area contributed by atoms with Crippen LogP contribution in [0.3, 0.4) is 0 Å². The molecule has 21 heavy (non-hydrogen) atoms. The van der Waals surface area contributed by atoms with Crippen molar-refractivity contribution in [3.8, 4) is 0 Å². The van der Waals surface area contributed by atoms with Gasteiger partial charge in [0, 0.05) is 19.6 Å². The Kier molecular flexibility index (Phi) is 4.31. The van der Waals surface area contributed by atoms with Gasteiger partial charge in [0.25, 0.3) is 0 Å². The maximum absolute atomic E-state index is 12.5. The molecule has 6 nitrogen and oxygen atoms in total. The lowest BCUT2D eigenvalue weighted by Crippen LogP contribution is -2.47. The molecule has 0 radical (unpaired) electrons. The van der Waals surface area contributed by atoms with E-state index >= 15 is 0 Å². The molecule has 7 heteroatoms. The standard InChI is InChI=1S/C14H26N2O4S/c1-15(2)8-12-7-14(20-9-12)10-16(5-6-19-11-14)21(17,18)13-3-4-13/h12-13H,3-11H2,1-2H3/t12-,14-/m0/s1. The number of rotatable bonds is 4. The van der Waals surface area contributed by atoms with Crippen molar-refractivity contribution in [1.29, 1.82) is 0 Å². The molecule has 2 saturated heterocycles. The minimum absolute atomic E-state index is 0.161. The monoisotopic (exact) mass is 318 g/mol. The molecule has 1 saturated carbocycles. The molecule has 1 spiro atoms. The van der Waals surface area contributed by atoms with Gasteiger partial charge in [-0.05, 0) is 39.3 Å². The highest BCUT2D eigenvalue weighted by molar-refractivity contribution is 7.90. The van der Waals surface area contributed by atoms with E-state index in [0.717, 1.165) is 25.8 Å². The lowest BCUT2D eigenvalue weighted by molar-refractivity contribution is -0.0512. The van der Waals surface area contributed by atoms with Gasteiger partial charge in [-0.3, -0.25) is 0 Å². The van der Waals surface area contributed by atoms with E-state index in [0.29, 0.717) is 38.8 Å². The van der Waals surface area contributed by atoms with E-state index in [1.807, 2.05) is 0 Å². The quantitative estimate of drug-likeness (QED) is 0.738. The van der Waals surface area contributed by atoms with Gasteiger partial charge in [-0.2, -0.15) is 4.31 Å². The van der Waals surface area contributed by atoms with E-state index in [9.17, 15) is 8.42 Å². The molecule has 0 aromatic carbocycles. The van der Waals surface area contributed by atoms with Crippen LogP contribution in [0, 0.1) is 5.92 Å². The lowest BCUT2D eigenvalue weighted by atomic mass is 9.94. The van der Waals surface area contributed by atoms with E-state index in [2.05, 4.69) is 19.0 Å². The Morgan fingerprint density at radius 2 is 2.10 bits per heavy atom. The molecule has 0 aromatic rings. The third-order valence-corrected chi connectivity index (χ3v) is 6.87. The molecule has 2 aliphatic heterocycles. The van der Waals surface area contributed by atoms with Gasteiger partial charge in [0.15, 0.2) is 0 Å². The molecule has 0 N–H and O–H groups in total. The Labute approximate surface area is 127 Å². The van der Waals surface area contributed by atoms with Crippen LogP contribution in [0.2, 0.25) is 0 Å². The van der Waals surface area contributed by atoms with E-state index in [1.54, 1.807) is 4.31 Å². The summed E-state index contributed by atoms with van der Waals surface area (Å²) in [5.41, 5.74) is -0.445. The molecule has 0 amide bonds. The first-order chi connectivity index (χ1) is 9.91. The highest BCUT2D eigenvalue weighted by Crippen LogP contribution is 2.37. The van der Waals surface area contributed by atoms with Gasteiger partial charge >= 0.3 is 0 Å². The van der Waals surface area contributed by atoms with Crippen LogP contribution >= 0.6 is 0 Å². The second-order valence-corrected chi connectivity index (χ2v) is 9.17. The van der Waals surface area contributed by atoms with Gasteiger partial charge in [0.2, 0.25) is 10.0 Å². The second kappa shape index (κ2) is 5.77. The van der Waals surface area contributed by atoms with Crippen LogP contribution in [-0.2, 0) is 19.5 Å². The topological polar surface area (TPSA) is 59.1 Å². The SMILES string of the molecule is CN(C)C[C@H]1CO[C@@]2(COCCN(S(=O)(=O)C3CC3)C2)C1. The van der Waals surface area contributed by atoms with Gasteiger partial charge in [-0.15, -0.1) is 0 Å². The van der Waals surface area contributed by atoms with E-state index in [4.69, 9.17) is 9.47 Å². The summed E-state index contributed by atoms with van der Waals surface area (Å²) in [5, 5.41) is -0.161. The zero-order valence-corrected chi connectivity index (χ0v) is 13.8. The Balaban J connectivity index is 1.71. The molecule has 2 atom stereocenters. The van der Waals surface area contributed by atoms with Crippen molar-refractivity contribution in [2.45, 2.75) is 30.1 Å². The Bertz CT molecular complexity index is 477. The number of hydrogen-bond donors (Lipinski definition) is 0. The van der Waals surface area contributed by atoms with Crippen molar-refractivity contribution in [1.82, 2.24) is 9.21 Å². The average molecular weight is 318 g/mol. The summed E-state index contributed by atoms with van der Waals surface area (Å²) in [4.78, 5) is 2.16. The summed E-state index contributed by atoms with van der Waals surface area (Å²) in [6.45, 7) is 3.55. The van der Waals surface area contributed by atoms with Crippen LogP contribution in [0.5, 0.6) is 0 Å². The third kappa shape index (κ3) is 3.42. The first kappa shape index (κ1) is 15.7. The molecule has 3 fully saturated rings. The zero-order valence-electron chi connectivity index (χ0n) is 13.0. The highest BCUT2D eigenvalue weighted by atomic mass is 32.2. The van der Waals surface area contributed by atoms with Crippen LogP contribution in [0.4, 0.5) is 0 Å². The Morgan fingerprint density at radius 3 is 2.76 bits per heavy atom. The predicted molar refractivity (Wildman–Crippen MR) is 79.7 cm³/mol. The summed E-state index contributed by atoms with van der Waals surface area (Å²) in [6.07, 6.45) is 2.48. The van der Waals surface area contributed by atoms with E-state index in [1.165, 1.54) is 0 Å².